The van der Waals surface area contributed by atoms with Crippen molar-refractivity contribution in [3.63, 3.8) is 0 Å². The molecule has 0 bridgehead atoms. The van der Waals surface area contributed by atoms with Gasteiger partial charge in [-0.15, -0.1) is 0 Å². The predicted molar refractivity (Wildman–Crippen MR) is 61.7 cm³/mol. The minimum atomic E-state index is -0.624. The molecule has 4 heteroatoms. The van der Waals surface area contributed by atoms with Crippen LogP contribution in [0.1, 0.15) is 46.5 Å². The molecule has 1 rings (SSSR count). The summed E-state index contributed by atoms with van der Waals surface area (Å²) in [6, 6.07) is 6.53. The monoisotopic (exact) mass is 231 g/mol. The zero-order valence-electron chi connectivity index (χ0n) is 9.82. The lowest BCUT2D eigenvalue weighted by molar-refractivity contribution is 0.0522. The van der Waals surface area contributed by atoms with Gasteiger partial charge in [0, 0.05) is 12.0 Å². The maximum atomic E-state index is 11.7. The lowest BCUT2D eigenvalue weighted by Gasteiger charge is -2.08. The van der Waals surface area contributed by atoms with Crippen molar-refractivity contribution in [3.8, 4) is 6.07 Å². The number of nitriles is 1. The van der Waals surface area contributed by atoms with E-state index in [4.69, 9.17) is 10.00 Å². The lowest BCUT2D eigenvalue weighted by atomic mass is 9.97. The van der Waals surface area contributed by atoms with E-state index in [0.717, 1.165) is 0 Å². The number of ether oxygens (including phenoxy) is 1. The second-order valence-electron chi connectivity index (χ2n) is 3.34. The number of ketones is 1. The Morgan fingerprint density at radius 3 is 2.59 bits per heavy atom. The minimum absolute atomic E-state index is 0.0729. The van der Waals surface area contributed by atoms with Crippen LogP contribution in [-0.2, 0) is 4.74 Å². The number of carbonyl (C=O) groups excluding carboxylic acids is 2. The van der Waals surface area contributed by atoms with Gasteiger partial charge in [0.25, 0.3) is 0 Å². The van der Waals surface area contributed by atoms with Crippen molar-refractivity contribution < 1.29 is 14.3 Å². The van der Waals surface area contributed by atoms with E-state index in [1.807, 2.05) is 6.07 Å². The molecule has 0 aliphatic rings. The molecule has 0 saturated heterocycles. The molecule has 0 heterocycles. The van der Waals surface area contributed by atoms with Gasteiger partial charge in [-0.25, -0.2) is 4.79 Å². The minimum Gasteiger partial charge on any atom is -0.462 e. The van der Waals surface area contributed by atoms with Crippen LogP contribution >= 0.6 is 0 Å². The first-order chi connectivity index (χ1) is 8.15. The summed E-state index contributed by atoms with van der Waals surface area (Å²) < 4.78 is 4.86. The SMILES string of the molecule is CCOC(=O)c1c(C#N)cccc1C(=O)CC. The Labute approximate surface area is 99.8 Å². The fraction of sp³-hybridized carbons (Fsp3) is 0.308. The lowest BCUT2D eigenvalue weighted by Crippen LogP contribution is -2.13. The number of Topliss-reactive ketones (excluding diaryl/α,β-unsaturated/α-hetero) is 1. The molecule has 1 aromatic rings. The van der Waals surface area contributed by atoms with Gasteiger partial charge in [0.15, 0.2) is 5.78 Å². The molecule has 88 valence electrons. The summed E-state index contributed by atoms with van der Waals surface area (Å²) in [5.41, 5.74) is 0.497. The molecule has 0 spiro atoms. The Kier molecular flexibility index (Phi) is 4.41. The molecule has 0 unspecified atom stereocenters. The molecule has 17 heavy (non-hydrogen) atoms. The largest absolute Gasteiger partial charge is 0.462 e. The Hall–Kier alpha value is -2.15. The molecule has 0 aliphatic heterocycles. The fourth-order valence-corrected chi connectivity index (χ4v) is 1.49. The van der Waals surface area contributed by atoms with Gasteiger partial charge in [0.05, 0.1) is 17.7 Å². The Morgan fingerprint density at radius 2 is 2.06 bits per heavy atom. The number of nitrogens with zero attached hydrogens (tertiary/aromatic N) is 1. The number of hydrogen-bond donors (Lipinski definition) is 0. The third-order valence-corrected chi connectivity index (χ3v) is 2.29. The van der Waals surface area contributed by atoms with Gasteiger partial charge in [-0.1, -0.05) is 19.1 Å². The summed E-state index contributed by atoms with van der Waals surface area (Å²) in [7, 11) is 0. The highest BCUT2D eigenvalue weighted by atomic mass is 16.5. The summed E-state index contributed by atoms with van der Waals surface area (Å²) in [4.78, 5) is 23.4. The van der Waals surface area contributed by atoms with Crippen molar-refractivity contribution in [3.05, 3.63) is 34.9 Å². The van der Waals surface area contributed by atoms with E-state index < -0.39 is 5.97 Å². The Morgan fingerprint density at radius 1 is 1.35 bits per heavy atom. The fourth-order valence-electron chi connectivity index (χ4n) is 1.49. The van der Waals surface area contributed by atoms with Gasteiger partial charge < -0.3 is 4.74 Å². The van der Waals surface area contributed by atoms with Crippen LogP contribution in [0.25, 0.3) is 0 Å². The molecule has 0 radical (unpaired) electrons. The highest BCUT2D eigenvalue weighted by Crippen LogP contribution is 2.17. The molecule has 0 amide bonds. The summed E-state index contributed by atoms with van der Waals surface area (Å²) in [5, 5.41) is 8.95. The van der Waals surface area contributed by atoms with Crippen LogP contribution in [0.4, 0.5) is 0 Å². The summed E-state index contributed by atoms with van der Waals surface area (Å²) >= 11 is 0. The van der Waals surface area contributed by atoms with Crippen molar-refractivity contribution in [1.82, 2.24) is 0 Å². The van der Waals surface area contributed by atoms with Gasteiger partial charge in [0.1, 0.15) is 6.07 Å². The van der Waals surface area contributed by atoms with E-state index in [0.29, 0.717) is 0 Å². The smallest absolute Gasteiger partial charge is 0.340 e. The van der Waals surface area contributed by atoms with E-state index in [1.165, 1.54) is 6.07 Å². The molecule has 1 aromatic carbocycles. The van der Waals surface area contributed by atoms with Crippen LogP contribution in [-0.4, -0.2) is 18.4 Å². The first-order valence-corrected chi connectivity index (χ1v) is 5.39. The molecule has 0 atom stereocenters. The van der Waals surface area contributed by atoms with Crippen molar-refractivity contribution >= 4 is 11.8 Å². The van der Waals surface area contributed by atoms with Gasteiger partial charge in [0.2, 0.25) is 0 Å². The number of benzene rings is 1. The molecule has 0 N–H and O–H groups in total. The van der Waals surface area contributed by atoms with Gasteiger partial charge in [-0.3, -0.25) is 4.79 Å². The van der Waals surface area contributed by atoms with Crippen molar-refractivity contribution in [2.45, 2.75) is 20.3 Å². The average molecular weight is 231 g/mol. The average Bonchev–Trinajstić information content (AvgIpc) is 2.37. The van der Waals surface area contributed by atoms with E-state index in [2.05, 4.69) is 0 Å². The quantitative estimate of drug-likeness (QED) is 0.589. The normalized spacial score (nSPS) is 9.47. The van der Waals surface area contributed by atoms with Crippen LogP contribution in [0.5, 0.6) is 0 Å². The Balaban J connectivity index is 3.36. The predicted octanol–water partition coefficient (Wildman–Crippen LogP) is 2.33. The van der Waals surface area contributed by atoms with Crippen molar-refractivity contribution in [1.29, 1.82) is 5.26 Å². The zero-order chi connectivity index (χ0) is 12.8. The van der Waals surface area contributed by atoms with Crippen LogP contribution in [0, 0.1) is 11.3 Å². The number of rotatable bonds is 4. The molecule has 0 aliphatic carbocycles. The molecular weight excluding hydrogens is 218 g/mol. The zero-order valence-corrected chi connectivity index (χ0v) is 9.82. The topological polar surface area (TPSA) is 67.2 Å². The molecule has 0 saturated carbocycles. The molecular formula is C13H13NO3. The van der Waals surface area contributed by atoms with Gasteiger partial charge in [-0.05, 0) is 13.0 Å². The third-order valence-electron chi connectivity index (χ3n) is 2.29. The first-order valence-electron chi connectivity index (χ1n) is 5.39. The molecule has 4 nitrogen and oxygen atoms in total. The van der Waals surface area contributed by atoms with E-state index in [9.17, 15) is 9.59 Å². The maximum absolute atomic E-state index is 11.7. The number of carbonyl (C=O) groups is 2. The number of hydrogen-bond acceptors (Lipinski definition) is 4. The second-order valence-corrected chi connectivity index (χ2v) is 3.34. The number of esters is 1. The van der Waals surface area contributed by atoms with Gasteiger partial charge >= 0.3 is 5.97 Å². The van der Waals surface area contributed by atoms with Crippen molar-refractivity contribution in [2.75, 3.05) is 6.61 Å². The third kappa shape index (κ3) is 2.70. The standard InChI is InChI=1S/C13H13NO3/c1-3-11(15)10-7-5-6-9(8-14)12(10)13(16)17-4-2/h5-7H,3-4H2,1-2H3. The van der Waals surface area contributed by atoms with Crippen LogP contribution in [0.3, 0.4) is 0 Å². The summed E-state index contributed by atoms with van der Waals surface area (Å²) in [6.07, 6.45) is 0.279. The second kappa shape index (κ2) is 5.80. The highest BCUT2D eigenvalue weighted by molar-refractivity contribution is 6.07. The highest BCUT2D eigenvalue weighted by Gasteiger charge is 2.20. The first kappa shape index (κ1) is 12.9. The van der Waals surface area contributed by atoms with Crippen LogP contribution in [0.15, 0.2) is 18.2 Å². The Bertz CT molecular complexity index is 486. The van der Waals surface area contributed by atoms with Crippen LogP contribution < -0.4 is 0 Å². The molecule has 0 fully saturated rings. The van der Waals surface area contributed by atoms with Crippen LogP contribution in [0.2, 0.25) is 0 Å². The van der Waals surface area contributed by atoms with Crippen molar-refractivity contribution in [2.24, 2.45) is 0 Å². The summed E-state index contributed by atoms with van der Waals surface area (Å²) in [6.45, 7) is 3.59. The summed E-state index contributed by atoms with van der Waals surface area (Å²) in [5.74, 6) is -0.799. The molecule has 0 aromatic heterocycles. The maximum Gasteiger partial charge on any atom is 0.340 e. The van der Waals surface area contributed by atoms with Gasteiger partial charge in [-0.2, -0.15) is 5.26 Å². The van der Waals surface area contributed by atoms with E-state index in [1.54, 1.807) is 26.0 Å². The van der Waals surface area contributed by atoms with E-state index >= 15 is 0 Å². The van der Waals surface area contributed by atoms with E-state index in [-0.39, 0.29) is 35.5 Å².